The van der Waals surface area contributed by atoms with Gasteiger partial charge in [-0.25, -0.2) is 0 Å². The van der Waals surface area contributed by atoms with Crippen molar-refractivity contribution in [3.05, 3.63) is 59.7 Å². The number of nitrogens with one attached hydrogen (secondary N) is 2. The van der Waals surface area contributed by atoms with Gasteiger partial charge in [0.1, 0.15) is 11.5 Å². The lowest BCUT2D eigenvalue weighted by atomic mass is 10.0. The van der Waals surface area contributed by atoms with Crippen LogP contribution >= 0.6 is 0 Å². The van der Waals surface area contributed by atoms with Crippen molar-refractivity contribution in [2.75, 3.05) is 47.0 Å². The number of ether oxygens (including phenoxy) is 3. The Balaban J connectivity index is 1.64. The van der Waals surface area contributed by atoms with Crippen molar-refractivity contribution in [1.29, 1.82) is 0 Å². The molecule has 1 aliphatic heterocycles. The van der Waals surface area contributed by atoms with E-state index >= 15 is 0 Å². The molecule has 0 saturated carbocycles. The van der Waals surface area contributed by atoms with E-state index in [4.69, 9.17) is 9.47 Å². The number of hydrogen-bond acceptors (Lipinski definition) is 5. The summed E-state index contributed by atoms with van der Waals surface area (Å²) < 4.78 is 40.7. The van der Waals surface area contributed by atoms with Crippen LogP contribution in [-0.4, -0.2) is 64.5 Å². The number of hydrogen-bond donors (Lipinski definition) is 2. The molecule has 0 radical (unpaired) electrons. The highest BCUT2D eigenvalue weighted by molar-refractivity contribution is 5.79. The van der Waals surface area contributed by atoms with Gasteiger partial charge in [-0.05, 0) is 23.8 Å². The largest absolute Gasteiger partial charge is 0.497 e. The summed E-state index contributed by atoms with van der Waals surface area (Å²) in [5, 5.41) is 6.54. The average Bonchev–Trinajstić information content (AvgIpc) is 2.82. The molecule has 0 aliphatic carbocycles. The summed E-state index contributed by atoms with van der Waals surface area (Å²) in [5.41, 5.74) is 1.78. The van der Waals surface area contributed by atoms with E-state index < -0.39 is 6.61 Å². The molecule has 1 heterocycles. The fraction of sp³-hybridized carbons (Fsp3) is 0.435. The van der Waals surface area contributed by atoms with Gasteiger partial charge >= 0.3 is 6.61 Å². The fourth-order valence-electron chi connectivity index (χ4n) is 3.63. The number of methoxy groups -OCH3 is 1. The zero-order chi connectivity index (χ0) is 22.8. The van der Waals surface area contributed by atoms with Crippen LogP contribution in [0.25, 0.3) is 0 Å². The van der Waals surface area contributed by atoms with Gasteiger partial charge in [-0.2, -0.15) is 8.78 Å². The van der Waals surface area contributed by atoms with Crippen LogP contribution in [0.5, 0.6) is 11.5 Å². The Morgan fingerprint density at radius 2 is 1.81 bits per heavy atom. The minimum atomic E-state index is -2.87. The number of nitrogens with zero attached hydrogens (tertiary/aromatic N) is 2. The van der Waals surface area contributed by atoms with E-state index in [1.807, 2.05) is 12.1 Å². The van der Waals surface area contributed by atoms with Crippen LogP contribution in [0.3, 0.4) is 0 Å². The Hall–Kier alpha value is -2.91. The second-order valence-electron chi connectivity index (χ2n) is 7.23. The Morgan fingerprint density at radius 3 is 2.47 bits per heavy atom. The number of aliphatic imine (C=N–C) groups is 1. The lowest BCUT2D eigenvalue weighted by Crippen LogP contribution is -2.46. The summed E-state index contributed by atoms with van der Waals surface area (Å²) in [6.07, 6.45) is 0. The van der Waals surface area contributed by atoms with E-state index in [9.17, 15) is 8.78 Å². The standard InChI is InChI=1S/C23H30F2N4O3/c1-26-23(27-15-18-5-3-4-6-21(18)32-22(24)25)28-16-20(29-11-13-31-14-12-29)17-7-9-19(30-2)10-8-17/h3-10,20,22H,11-16H2,1-2H3,(H2,26,27,28). The molecule has 174 valence electrons. The molecule has 1 aliphatic rings. The van der Waals surface area contributed by atoms with E-state index in [0.29, 0.717) is 37.8 Å². The monoisotopic (exact) mass is 448 g/mol. The fourth-order valence-corrected chi connectivity index (χ4v) is 3.63. The molecule has 2 aromatic rings. The Morgan fingerprint density at radius 1 is 1.09 bits per heavy atom. The summed E-state index contributed by atoms with van der Waals surface area (Å²) in [4.78, 5) is 6.65. The van der Waals surface area contributed by atoms with E-state index in [2.05, 4.69) is 37.4 Å². The number of benzene rings is 2. The molecule has 0 aromatic heterocycles. The van der Waals surface area contributed by atoms with Crippen LogP contribution in [0, 0.1) is 0 Å². The zero-order valence-electron chi connectivity index (χ0n) is 18.4. The third kappa shape index (κ3) is 6.80. The maximum absolute atomic E-state index is 12.7. The Bertz CT molecular complexity index is 859. The van der Waals surface area contributed by atoms with Crippen molar-refractivity contribution < 1.29 is 23.0 Å². The first-order valence-corrected chi connectivity index (χ1v) is 10.5. The first-order valence-electron chi connectivity index (χ1n) is 10.5. The highest BCUT2D eigenvalue weighted by Crippen LogP contribution is 2.24. The molecule has 0 bridgehead atoms. The van der Waals surface area contributed by atoms with Crippen molar-refractivity contribution in [3.8, 4) is 11.5 Å². The second-order valence-corrected chi connectivity index (χ2v) is 7.23. The minimum absolute atomic E-state index is 0.109. The van der Waals surface area contributed by atoms with Gasteiger partial charge in [0.15, 0.2) is 5.96 Å². The molecule has 2 aromatic carbocycles. The SMILES string of the molecule is CN=C(NCc1ccccc1OC(F)F)NCC(c1ccc(OC)cc1)N1CCOCC1. The number of halogens is 2. The molecule has 3 rings (SSSR count). The van der Waals surface area contributed by atoms with Crippen LogP contribution in [-0.2, 0) is 11.3 Å². The number of guanidine groups is 1. The summed E-state index contributed by atoms with van der Waals surface area (Å²) in [6, 6.07) is 14.9. The van der Waals surface area contributed by atoms with Gasteiger partial charge in [-0.15, -0.1) is 0 Å². The zero-order valence-corrected chi connectivity index (χ0v) is 18.4. The van der Waals surface area contributed by atoms with Crippen molar-refractivity contribution in [2.24, 2.45) is 4.99 Å². The molecule has 1 saturated heterocycles. The average molecular weight is 449 g/mol. The lowest BCUT2D eigenvalue weighted by Gasteiger charge is -2.35. The first-order chi connectivity index (χ1) is 15.6. The summed E-state index contributed by atoms with van der Waals surface area (Å²) >= 11 is 0. The molecule has 0 spiro atoms. The highest BCUT2D eigenvalue weighted by Gasteiger charge is 2.23. The van der Waals surface area contributed by atoms with Gasteiger partial charge < -0.3 is 24.8 Å². The molecule has 0 amide bonds. The minimum Gasteiger partial charge on any atom is -0.497 e. The van der Waals surface area contributed by atoms with E-state index in [1.165, 1.54) is 6.07 Å². The van der Waals surface area contributed by atoms with Gasteiger partial charge in [-0.1, -0.05) is 30.3 Å². The Labute approximate surface area is 187 Å². The number of morpholine rings is 1. The molecule has 1 unspecified atom stereocenters. The predicted octanol–water partition coefficient (Wildman–Crippen LogP) is 3.04. The van der Waals surface area contributed by atoms with E-state index in [-0.39, 0.29) is 11.8 Å². The highest BCUT2D eigenvalue weighted by atomic mass is 19.3. The lowest BCUT2D eigenvalue weighted by molar-refractivity contribution is -0.0504. The number of rotatable bonds is 9. The van der Waals surface area contributed by atoms with Crippen molar-refractivity contribution >= 4 is 5.96 Å². The molecule has 1 fully saturated rings. The van der Waals surface area contributed by atoms with Crippen LogP contribution in [0.4, 0.5) is 8.78 Å². The molecular formula is C23H30F2N4O3. The van der Waals surface area contributed by atoms with Crippen LogP contribution in [0.15, 0.2) is 53.5 Å². The normalized spacial score (nSPS) is 16.0. The summed E-state index contributed by atoms with van der Waals surface area (Å²) in [6.45, 7) is 1.11. The predicted molar refractivity (Wildman–Crippen MR) is 119 cm³/mol. The molecule has 1 atom stereocenters. The molecule has 9 heteroatoms. The molecule has 2 N–H and O–H groups in total. The van der Waals surface area contributed by atoms with Gasteiger partial charge in [0, 0.05) is 38.8 Å². The quantitative estimate of drug-likeness (QED) is 0.454. The molecule has 7 nitrogen and oxygen atoms in total. The van der Waals surface area contributed by atoms with Crippen LogP contribution in [0.2, 0.25) is 0 Å². The molecule has 32 heavy (non-hydrogen) atoms. The van der Waals surface area contributed by atoms with Gasteiger partial charge in [0.2, 0.25) is 0 Å². The van der Waals surface area contributed by atoms with Crippen molar-refractivity contribution in [1.82, 2.24) is 15.5 Å². The van der Waals surface area contributed by atoms with Gasteiger partial charge in [-0.3, -0.25) is 9.89 Å². The van der Waals surface area contributed by atoms with Gasteiger partial charge in [0.05, 0.1) is 26.4 Å². The van der Waals surface area contributed by atoms with Crippen molar-refractivity contribution in [3.63, 3.8) is 0 Å². The number of para-hydroxylation sites is 1. The van der Waals surface area contributed by atoms with Crippen LogP contribution < -0.4 is 20.1 Å². The summed E-state index contributed by atoms with van der Waals surface area (Å²) in [7, 11) is 3.32. The van der Waals surface area contributed by atoms with Gasteiger partial charge in [0.25, 0.3) is 0 Å². The maximum Gasteiger partial charge on any atom is 0.387 e. The topological polar surface area (TPSA) is 67.4 Å². The molecular weight excluding hydrogens is 418 g/mol. The number of alkyl halides is 2. The Kier molecular flexibility index (Phi) is 9.06. The second kappa shape index (κ2) is 12.2. The first kappa shape index (κ1) is 23.7. The van der Waals surface area contributed by atoms with E-state index in [0.717, 1.165) is 24.4 Å². The summed E-state index contributed by atoms with van der Waals surface area (Å²) in [5.74, 6) is 1.53. The smallest absolute Gasteiger partial charge is 0.387 e. The van der Waals surface area contributed by atoms with Crippen LogP contribution in [0.1, 0.15) is 17.2 Å². The van der Waals surface area contributed by atoms with E-state index in [1.54, 1.807) is 32.4 Å². The third-order valence-electron chi connectivity index (χ3n) is 5.31. The third-order valence-corrected chi connectivity index (χ3v) is 5.31. The maximum atomic E-state index is 12.7. The van der Waals surface area contributed by atoms with Crippen molar-refractivity contribution in [2.45, 2.75) is 19.2 Å².